The van der Waals surface area contributed by atoms with Crippen LogP contribution in [0.1, 0.15) is 29.7 Å². The molecule has 4 aromatic rings. The molecular formula is C23H21N3O. The Morgan fingerprint density at radius 2 is 1.93 bits per heavy atom. The number of hydrogen-bond donors (Lipinski definition) is 1. The van der Waals surface area contributed by atoms with Crippen LogP contribution in [0.25, 0.3) is 27.8 Å². The minimum atomic E-state index is -0.0504. The van der Waals surface area contributed by atoms with Crippen LogP contribution >= 0.6 is 0 Å². The van der Waals surface area contributed by atoms with Gasteiger partial charge in [-0.2, -0.15) is 0 Å². The Bertz CT molecular complexity index is 1200. The molecule has 134 valence electrons. The van der Waals surface area contributed by atoms with Gasteiger partial charge in [0.05, 0.1) is 11.4 Å². The first-order valence-electron chi connectivity index (χ1n) is 9.49. The van der Waals surface area contributed by atoms with Gasteiger partial charge in [0.1, 0.15) is 0 Å². The van der Waals surface area contributed by atoms with Crippen molar-refractivity contribution in [1.82, 2.24) is 14.5 Å². The summed E-state index contributed by atoms with van der Waals surface area (Å²) in [5.74, 6) is 0. The van der Waals surface area contributed by atoms with Crippen LogP contribution in [0.15, 0.2) is 59.7 Å². The van der Waals surface area contributed by atoms with E-state index in [0.29, 0.717) is 0 Å². The van der Waals surface area contributed by atoms with Gasteiger partial charge in [-0.25, -0.2) is 0 Å². The second-order valence-electron chi connectivity index (χ2n) is 7.36. The summed E-state index contributed by atoms with van der Waals surface area (Å²) >= 11 is 0. The highest BCUT2D eigenvalue weighted by molar-refractivity contribution is 5.86. The molecule has 4 nitrogen and oxygen atoms in total. The Labute approximate surface area is 157 Å². The monoisotopic (exact) mass is 355 g/mol. The minimum Gasteiger partial charge on any atom is -0.358 e. The summed E-state index contributed by atoms with van der Waals surface area (Å²) in [6, 6.07) is 13.8. The summed E-state index contributed by atoms with van der Waals surface area (Å²) in [6.45, 7) is 2.00. The smallest absolute Gasteiger partial charge is 0.255 e. The number of rotatable bonds is 2. The van der Waals surface area contributed by atoms with Gasteiger partial charge in [0, 0.05) is 40.6 Å². The molecule has 4 heteroatoms. The molecule has 0 unspecified atom stereocenters. The van der Waals surface area contributed by atoms with E-state index in [9.17, 15) is 4.79 Å². The van der Waals surface area contributed by atoms with Gasteiger partial charge in [-0.15, -0.1) is 0 Å². The van der Waals surface area contributed by atoms with Gasteiger partial charge >= 0.3 is 0 Å². The predicted molar refractivity (Wildman–Crippen MR) is 109 cm³/mol. The molecule has 1 aromatic carbocycles. The zero-order valence-corrected chi connectivity index (χ0v) is 15.3. The van der Waals surface area contributed by atoms with Gasteiger partial charge < -0.3 is 4.98 Å². The molecule has 27 heavy (non-hydrogen) atoms. The maximum atomic E-state index is 12.7. The molecule has 0 saturated carbocycles. The molecule has 5 rings (SSSR count). The van der Waals surface area contributed by atoms with Crippen LogP contribution in [0, 0.1) is 6.92 Å². The number of pyridine rings is 2. The van der Waals surface area contributed by atoms with Crippen molar-refractivity contribution < 1.29 is 0 Å². The standard InChI is InChI=1S/C23H21N3O/c1-15-6-9-20(24-14-15)16-10-11-26(23(27)12-16)17-7-8-19-18-4-2-3-5-21(18)25-22(19)13-17/h6-14,25H,2-5H2,1H3. The lowest BCUT2D eigenvalue weighted by Gasteiger charge is -2.10. The third-order valence-electron chi connectivity index (χ3n) is 5.49. The molecule has 0 fully saturated rings. The van der Waals surface area contributed by atoms with Crippen LogP contribution in [0.3, 0.4) is 0 Å². The molecule has 0 bridgehead atoms. The van der Waals surface area contributed by atoms with E-state index in [1.807, 2.05) is 43.6 Å². The van der Waals surface area contributed by atoms with Gasteiger partial charge in [0.25, 0.3) is 5.56 Å². The summed E-state index contributed by atoms with van der Waals surface area (Å²) in [5, 5.41) is 1.29. The highest BCUT2D eigenvalue weighted by Gasteiger charge is 2.15. The van der Waals surface area contributed by atoms with Gasteiger partial charge in [0.2, 0.25) is 0 Å². The van der Waals surface area contributed by atoms with E-state index in [4.69, 9.17) is 0 Å². The average Bonchev–Trinajstić information content (AvgIpc) is 3.06. The van der Waals surface area contributed by atoms with E-state index in [2.05, 4.69) is 22.1 Å². The number of nitrogens with one attached hydrogen (secondary N) is 1. The first-order chi connectivity index (χ1) is 13.2. The van der Waals surface area contributed by atoms with E-state index < -0.39 is 0 Å². The highest BCUT2D eigenvalue weighted by Crippen LogP contribution is 2.30. The van der Waals surface area contributed by atoms with Crippen LogP contribution in [-0.2, 0) is 12.8 Å². The van der Waals surface area contributed by atoms with Crippen molar-refractivity contribution in [1.29, 1.82) is 0 Å². The molecule has 1 aliphatic carbocycles. The number of hydrogen-bond acceptors (Lipinski definition) is 2. The topological polar surface area (TPSA) is 50.7 Å². The van der Waals surface area contributed by atoms with E-state index >= 15 is 0 Å². The Kier molecular flexibility index (Phi) is 3.71. The van der Waals surface area contributed by atoms with Crippen LogP contribution in [0.2, 0.25) is 0 Å². The molecule has 0 amide bonds. The molecular weight excluding hydrogens is 334 g/mol. The van der Waals surface area contributed by atoms with Crippen LogP contribution < -0.4 is 5.56 Å². The normalized spacial score (nSPS) is 13.7. The maximum Gasteiger partial charge on any atom is 0.255 e. The summed E-state index contributed by atoms with van der Waals surface area (Å²) in [5.41, 5.74) is 7.53. The lowest BCUT2D eigenvalue weighted by molar-refractivity contribution is 0.680. The molecule has 0 atom stereocenters. The fourth-order valence-corrected chi connectivity index (χ4v) is 4.04. The average molecular weight is 355 g/mol. The van der Waals surface area contributed by atoms with Crippen LogP contribution in [0.4, 0.5) is 0 Å². The lowest BCUT2D eigenvalue weighted by atomic mass is 9.96. The molecule has 3 aromatic heterocycles. The third-order valence-corrected chi connectivity index (χ3v) is 5.49. The Hall–Kier alpha value is -3.14. The number of aromatic amines is 1. The van der Waals surface area contributed by atoms with Crippen LogP contribution in [-0.4, -0.2) is 14.5 Å². The fourth-order valence-electron chi connectivity index (χ4n) is 4.04. The lowest BCUT2D eigenvalue weighted by Crippen LogP contribution is -2.16. The molecule has 0 aliphatic heterocycles. The van der Waals surface area contributed by atoms with Crippen molar-refractivity contribution in [2.75, 3.05) is 0 Å². The zero-order valence-electron chi connectivity index (χ0n) is 15.3. The Morgan fingerprint density at radius 3 is 2.74 bits per heavy atom. The zero-order chi connectivity index (χ0) is 18.4. The van der Waals surface area contributed by atoms with Crippen molar-refractivity contribution in [2.24, 2.45) is 0 Å². The largest absolute Gasteiger partial charge is 0.358 e. The first kappa shape index (κ1) is 16.1. The molecule has 0 radical (unpaired) electrons. The summed E-state index contributed by atoms with van der Waals surface area (Å²) in [7, 11) is 0. The molecule has 1 aliphatic rings. The summed E-state index contributed by atoms with van der Waals surface area (Å²) < 4.78 is 1.69. The number of benzene rings is 1. The van der Waals surface area contributed by atoms with E-state index in [1.54, 1.807) is 10.6 Å². The van der Waals surface area contributed by atoms with Gasteiger partial charge in [-0.3, -0.25) is 14.3 Å². The predicted octanol–water partition coefficient (Wildman–Crippen LogP) is 4.57. The van der Waals surface area contributed by atoms with Crippen LogP contribution in [0.5, 0.6) is 0 Å². The van der Waals surface area contributed by atoms with Crippen molar-refractivity contribution in [3.63, 3.8) is 0 Å². The quantitative estimate of drug-likeness (QED) is 0.573. The Balaban J connectivity index is 1.56. The molecule has 1 N–H and O–H groups in total. The number of aryl methyl sites for hydroxylation is 3. The van der Waals surface area contributed by atoms with Crippen molar-refractivity contribution in [3.8, 4) is 16.9 Å². The number of nitrogens with zero attached hydrogens (tertiary/aromatic N) is 2. The van der Waals surface area contributed by atoms with E-state index in [-0.39, 0.29) is 5.56 Å². The number of fused-ring (bicyclic) bond motifs is 3. The Morgan fingerprint density at radius 1 is 1.04 bits per heavy atom. The minimum absolute atomic E-state index is 0.0504. The first-order valence-corrected chi connectivity index (χ1v) is 9.49. The van der Waals surface area contributed by atoms with Gasteiger partial charge in [-0.05, 0) is 68.0 Å². The second-order valence-corrected chi connectivity index (χ2v) is 7.36. The molecule has 0 spiro atoms. The van der Waals surface area contributed by atoms with Crippen molar-refractivity contribution in [3.05, 3.63) is 82.0 Å². The SMILES string of the molecule is Cc1ccc(-c2ccn(-c3ccc4c5c([nH]c4c3)CCCC5)c(=O)c2)nc1. The summed E-state index contributed by atoms with van der Waals surface area (Å²) in [4.78, 5) is 20.7. The van der Waals surface area contributed by atoms with Gasteiger partial charge in [0.15, 0.2) is 0 Å². The highest BCUT2D eigenvalue weighted by atomic mass is 16.1. The fraction of sp³-hybridized carbons (Fsp3) is 0.217. The van der Waals surface area contributed by atoms with Gasteiger partial charge in [-0.1, -0.05) is 12.1 Å². The molecule has 0 saturated heterocycles. The number of aromatic nitrogens is 3. The number of H-pyrrole nitrogens is 1. The van der Waals surface area contributed by atoms with Crippen molar-refractivity contribution in [2.45, 2.75) is 32.6 Å². The second kappa shape index (κ2) is 6.23. The van der Waals surface area contributed by atoms with Crippen molar-refractivity contribution >= 4 is 10.9 Å². The third kappa shape index (κ3) is 2.78. The summed E-state index contributed by atoms with van der Waals surface area (Å²) in [6.07, 6.45) is 8.44. The van der Waals surface area contributed by atoms with E-state index in [1.165, 1.54) is 29.5 Å². The molecule has 3 heterocycles. The maximum absolute atomic E-state index is 12.7. The van der Waals surface area contributed by atoms with E-state index in [0.717, 1.165) is 40.9 Å².